The SMILES string of the molecule is COc1cc([C@@H]2Nc3cc(C)c(C)cc3NC3=C2C(=O)CC(C)(C)C3)cc(Cl)c1O. The lowest BCUT2D eigenvalue weighted by Gasteiger charge is -2.34. The molecule has 0 spiro atoms. The number of aromatic hydroxyl groups is 1. The Bertz CT molecular complexity index is 1090. The van der Waals surface area contributed by atoms with E-state index in [0.717, 1.165) is 34.6 Å². The Balaban J connectivity index is 1.94. The maximum atomic E-state index is 13.3. The van der Waals surface area contributed by atoms with E-state index in [0.29, 0.717) is 12.0 Å². The smallest absolute Gasteiger partial charge is 0.176 e. The number of halogens is 1. The number of aryl methyl sites for hydroxylation is 2. The Labute approximate surface area is 182 Å². The minimum Gasteiger partial charge on any atom is -0.503 e. The van der Waals surface area contributed by atoms with Crippen LogP contribution in [0.3, 0.4) is 0 Å². The van der Waals surface area contributed by atoms with Gasteiger partial charge >= 0.3 is 0 Å². The number of ketones is 1. The van der Waals surface area contributed by atoms with Crippen LogP contribution in [0.2, 0.25) is 5.02 Å². The maximum Gasteiger partial charge on any atom is 0.176 e. The number of hydrogen-bond acceptors (Lipinski definition) is 5. The van der Waals surface area contributed by atoms with Crippen LogP contribution in [-0.4, -0.2) is 18.0 Å². The van der Waals surface area contributed by atoms with E-state index < -0.39 is 6.04 Å². The zero-order valence-electron chi connectivity index (χ0n) is 17.9. The first-order valence-electron chi connectivity index (χ1n) is 10.1. The highest BCUT2D eigenvalue weighted by Gasteiger charge is 2.39. The van der Waals surface area contributed by atoms with Gasteiger partial charge in [-0.25, -0.2) is 0 Å². The van der Waals surface area contributed by atoms with Crippen LogP contribution in [0, 0.1) is 19.3 Å². The van der Waals surface area contributed by atoms with Crippen LogP contribution in [0.4, 0.5) is 11.4 Å². The summed E-state index contributed by atoms with van der Waals surface area (Å²) in [5.74, 6) is 0.282. The third-order valence-corrected chi connectivity index (χ3v) is 6.32. The largest absolute Gasteiger partial charge is 0.503 e. The number of phenolic OH excluding ortho intramolecular Hbond substituents is 1. The molecule has 0 unspecified atom stereocenters. The molecule has 0 saturated heterocycles. The van der Waals surface area contributed by atoms with Gasteiger partial charge < -0.3 is 20.5 Å². The predicted octanol–water partition coefficient (Wildman–Crippen LogP) is 5.89. The van der Waals surface area contributed by atoms with Crippen LogP contribution in [0.1, 0.15) is 49.4 Å². The monoisotopic (exact) mass is 426 g/mol. The minimum atomic E-state index is -0.411. The number of Topliss-reactive ketones (excluding diaryl/α,β-unsaturated/α-hetero) is 1. The maximum absolute atomic E-state index is 13.3. The Morgan fingerprint density at radius 3 is 2.43 bits per heavy atom. The molecule has 1 heterocycles. The van der Waals surface area contributed by atoms with E-state index in [1.54, 1.807) is 12.1 Å². The fourth-order valence-electron chi connectivity index (χ4n) is 4.38. The van der Waals surface area contributed by atoms with Gasteiger partial charge in [-0.15, -0.1) is 0 Å². The molecule has 0 aromatic heterocycles. The summed E-state index contributed by atoms with van der Waals surface area (Å²) in [6, 6.07) is 7.23. The second kappa shape index (κ2) is 7.24. The average molecular weight is 427 g/mol. The predicted molar refractivity (Wildman–Crippen MR) is 121 cm³/mol. The Morgan fingerprint density at radius 1 is 1.10 bits per heavy atom. The van der Waals surface area contributed by atoms with Crippen molar-refractivity contribution >= 4 is 28.8 Å². The zero-order chi connectivity index (χ0) is 21.8. The highest BCUT2D eigenvalue weighted by Crippen LogP contribution is 2.47. The van der Waals surface area contributed by atoms with Crippen molar-refractivity contribution in [3.05, 3.63) is 57.2 Å². The van der Waals surface area contributed by atoms with Crippen LogP contribution >= 0.6 is 11.6 Å². The standard InChI is InChI=1S/C24H27ClN2O3/c1-12-6-16-17(7-13(12)2)27-22(14-8-15(25)23(29)20(9-14)30-5)21-18(26-16)10-24(3,4)11-19(21)28/h6-9,22,26-27,29H,10-11H2,1-5H3/t22-/m0/s1. The number of rotatable bonds is 2. The van der Waals surface area contributed by atoms with Crippen molar-refractivity contribution < 1.29 is 14.6 Å². The first-order valence-corrected chi connectivity index (χ1v) is 10.4. The van der Waals surface area contributed by atoms with Crippen LogP contribution in [0.25, 0.3) is 0 Å². The number of fused-ring (bicyclic) bond motifs is 1. The molecule has 3 N–H and O–H groups in total. The van der Waals surface area contributed by atoms with Crippen molar-refractivity contribution in [3.63, 3.8) is 0 Å². The summed E-state index contributed by atoms with van der Waals surface area (Å²) < 4.78 is 5.31. The molecule has 0 bridgehead atoms. The summed E-state index contributed by atoms with van der Waals surface area (Å²) in [7, 11) is 1.48. The highest BCUT2D eigenvalue weighted by molar-refractivity contribution is 6.32. The van der Waals surface area contributed by atoms with Gasteiger partial charge in [0.15, 0.2) is 17.3 Å². The number of carbonyl (C=O) groups is 1. The lowest BCUT2D eigenvalue weighted by molar-refractivity contribution is -0.118. The first kappa shape index (κ1) is 20.6. The van der Waals surface area contributed by atoms with E-state index in [4.69, 9.17) is 16.3 Å². The van der Waals surface area contributed by atoms with Crippen molar-refractivity contribution in [3.8, 4) is 11.5 Å². The van der Waals surface area contributed by atoms with E-state index in [-0.39, 0.29) is 27.7 Å². The van der Waals surface area contributed by atoms with Crippen molar-refractivity contribution in [2.45, 2.75) is 46.6 Å². The van der Waals surface area contributed by atoms with Gasteiger partial charge in [-0.05, 0) is 66.6 Å². The van der Waals surface area contributed by atoms with Gasteiger partial charge in [0, 0.05) is 17.7 Å². The molecule has 6 heteroatoms. The average Bonchev–Trinajstić information content (AvgIpc) is 2.80. The summed E-state index contributed by atoms with van der Waals surface area (Å²) >= 11 is 6.29. The number of carbonyl (C=O) groups excluding carboxylic acids is 1. The number of anilines is 2. The van der Waals surface area contributed by atoms with Gasteiger partial charge in [0.2, 0.25) is 0 Å². The van der Waals surface area contributed by atoms with Crippen molar-refractivity contribution in [1.82, 2.24) is 0 Å². The van der Waals surface area contributed by atoms with E-state index in [2.05, 4.69) is 50.5 Å². The lowest BCUT2D eigenvalue weighted by Crippen LogP contribution is -2.31. The molecule has 158 valence electrons. The number of allylic oxidation sites excluding steroid dienone is 1. The molecular formula is C24H27ClN2O3. The second-order valence-corrected chi connectivity index (χ2v) is 9.48. The summed E-state index contributed by atoms with van der Waals surface area (Å²) in [6.07, 6.45) is 1.24. The van der Waals surface area contributed by atoms with Crippen LogP contribution in [-0.2, 0) is 4.79 Å². The van der Waals surface area contributed by atoms with Gasteiger partial charge in [-0.2, -0.15) is 0 Å². The molecular weight excluding hydrogens is 400 g/mol. The summed E-state index contributed by atoms with van der Waals surface area (Å²) in [4.78, 5) is 13.3. The molecule has 2 aromatic carbocycles. The molecule has 1 aliphatic heterocycles. The third-order valence-electron chi connectivity index (χ3n) is 6.03. The summed E-state index contributed by atoms with van der Waals surface area (Å²) in [6.45, 7) is 8.38. The molecule has 4 rings (SSSR count). The highest BCUT2D eigenvalue weighted by atomic mass is 35.5. The lowest BCUT2D eigenvalue weighted by atomic mass is 9.73. The van der Waals surface area contributed by atoms with Gasteiger partial charge in [0.25, 0.3) is 0 Å². The minimum absolute atomic E-state index is 0.105. The number of benzene rings is 2. The number of ether oxygens (including phenoxy) is 1. The van der Waals surface area contributed by atoms with Crippen LogP contribution < -0.4 is 15.4 Å². The number of methoxy groups -OCH3 is 1. The first-order chi connectivity index (χ1) is 14.1. The molecule has 0 fully saturated rings. The molecule has 1 atom stereocenters. The zero-order valence-corrected chi connectivity index (χ0v) is 18.7. The number of nitrogens with one attached hydrogen (secondary N) is 2. The Kier molecular flexibility index (Phi) is 4.97. The molecule has 2 aliphatic rings. The summed E-state index contributed by atoms with van der Waals surface area (Å²) in [5, 5.41) is 17.5. The number of phenols is 1. The third kappa shape index (κ3) is 3.52. The molecule has 30 heavy (non-hydrogen) atoms. The molecule has 0 radical (unpaired) electrons. The van der Waals surface area contributed by atoms with Crippen LogP contribution in [0.5, 0.6) is 11.5 Å². The fraction of sp³-hybridized carbons (Fsp3) is 0.375. The van der Waals surface area contributed by atoms with Crippen molar-refractivity contribution in [1.29, 1.82) is 0 Å². The molecule has 0 amide bonds. The van der Waals surface area contributed by atoms with Gasteiger partial charge in [-0.1, -0.05) is 25.4 Å². The summed E-state index contributed by atoms with van der Waals surface area (Å²) in [5.41, 5.74) is 6.50. The second-order valence-electron chi connectivity index (χ2n) is 9.07. The van der Waals surface area contributed by atoms with Crippen molar-refractivity contribution in [2.75, 3.05) is 17.7 Å². The quantitative estimate of drug-likeness (QED) is 0.558. The van der Waals surface area contributed by atoms with Crippen LogP contribution in [0.15, 0.2) is 35.5 Å². The molecule has 5 nitrogen and oxygen atoms in total. The van der Waals surface area contributed by atoms with Gasteiger partial charge in [-0.3, -0.25) is 4.79 Å². The fourth-order valence-corrected chi connectivity index (χ4v) is 4.60. The topological polar surface area (TPSA) is 70.6 Å². The molecule has 1 aliphatic carbocycles. The Hall–Kier alpha value is -2.66. The molecule has 0 saturated carbocycles. The van der Waals surface area contributed by atoms with E-state index in [1.807, 2.05) is 0 Å². The van der Waals surface area contributed by atoms with E-state index >= 15 is 0 Å². The molecule has 2 aromatic rings. The normalized spacial score (nSPS) is 19.9. The van der Waals surface area contributed by atoms with Crippen molar-refractivity contribution in [2.24, 2.45) is 5.41 Å². The van der Waals surface area contributed by atoms with E-state index in [9.17, 15) is 9.90 Å². The van der Waals surface area contributed by atoms with Gasteiger partial charge in [0.1, 0.15) is 0 Å². The Morgan fingerprint density at radius 2 is 1.77 bits per heavy atom. The van der Waals surface area contributed by atoms with Gasteiger partial charge in [0.05, 0.1) is 29.5 Å². The number of hydrogen-bond donors (Lipinski definition) is 3. The van der Waals surface area contributed by atoms with E-state index in [1.165, 1.54) is 12.7 Å².